The molecule has 0 unspecified atom stereocenters. The quantitative estimate of drug-likeness (QED) is 0.870. The first-order valence-electron chi connectivity index (χ1n) is 8.43. The largest absolute Gasteiger partial charge is 0.381 e. The molecule has 0 bridgehead atoms. The van der Waals surface area contributed by atoms with Crippen LogP contribution in [0, 0.1) is 5.92 Å². The molecule has 1 aromatic carbocycles. The molecule has 3 heterocycles. The van der Waals surface area contributed by atoms with Gasteiger partial charge in [-0.3, -0.25) is 4.99 Å². The van der Waals surface area contributed by atoms with Crippen LogP contribution in [0.3, 0.4) is 0 Å². The molecule has 1 aromatic heterocycles. The molecule has 1 fully saturated rings. The van der Waals surface area contributed by atoms with Crippen molar-refractivity contribution in [2.24, 2.45) is 10.9 Å². The lowest BCUT2D eigenvalue weighted by atomic mass is 9.93. The molecule has 5 nitrogen and oxygen atoms in total. The van der Waals surface area contributed by atoms with Gasteiger partial charge in [0.2, 0.25) is 0 Å². The molecule has 2 aromatic rings. The summed E-state index contributed by atoms with van der Waals surface area (Å²) >= 11 is 0. The molecule has 4 rings (SSSR count). The number of allylic oxidation sites excluding steroid dienone is 1. The summed E-state index contributed by atoms with van der Waals surface area (Å²) < 4.78 is 7.41. The van der Waals surface area contributed by atoms with E-state index in [1.54, 1.807) is 0 Å². The number of hydrogen-bond donors (Lipinski definition) is 0. The predicted octanol–water partition coefficient (Wildman–Crippen LogP) is 3.62. The number of nitrogens with zero attached hydrogens (tertiary/aromatic N) is 4. The van der Waals surface area contributed by atoms with E-state index in [9.17, 15) is 0 Å². The van der Waals surface area contributed by atoms with E-state index in [1.165, 1.54) is 5.71 Å². The molecule has 1 saturated heterocycles. The summed E-state index contributed by atoms with van der Waals surface area (Å²) in [7, 11) is 0. The fourth-order valence-corrected chi connectivity index (χ4v) is 3.40. The Bertz CT molecular complexity index is 781. The van der Waals surface area contributed by atoms with Crippen LogP contribution >= 0.6 is 0 Å². The Hall–Kier alpha value is -2.01. The smallest absolute Gasteiger partial charge is 0.113 e. The summed E-state index contributed by atoms with van der Waals surface area (Å²) in [6.45, 7) is 5.96. The van der Waals surface area contributed by atoms with Crippen molar-refractivity contribution in [3.05, 3.63) is 29.8 Å². The fourth-order valence-electron chi connectivity index (χ4n) is 3.40. The maximum absolute atomic E-state index is 5.45. The van der Waals surface area contributed by atoms with Crippen molar-refractivity contribution in [3.63, 3.8) is 0 Å². The maximum atomic E-state index is 5.45. The first-order chi connectivity index (χ1) is 11.2. The van der Waals surface area contributed by atoms with E-state index in [2.05, 4.69) is 48.4 Å². The van der Waals surface area contributed by atoms with Crippen LogP contribution in [-0.2, 0) is 4.74 Å². The van der Waals surface area contributed by atoms with E-state index in [0.29, 0.717) is 12.0 Å². The Morgan fingerprint density at radius 2 is 2.04 bits per heavy atom. The second kappa shape index (κ2) is 5.89. The van der Waals surface area contributed by atoms with Crippen LogP contribution in [-0.4, -0.2) is 33.9 Å². The SMILES string of the molecule is CC(C)n1nnc2cc(C3=CCC(C4CCOCC4)=N3)ccc21. The lowest BCUT2D eigenvalue weighted by molar-refractivity contribution is 0.0826. The van der Waals surface area contributed by atoms with Crippen LogP contribution < -0.4 is 0 Å². The number of aliphatic imine (C=N–C) groups is 1. The van der Waals surface area contributed by atoms with Gasteiger partial charge in [-0.15, -0.1) is 5.10 Å². The topological polar surface area (TPSA) is 52.3 Å². The van der Waals surface area contributed by atoms with Crippen LogP contribution in [0.25, 0.3) is 16.7 Å². The summed E-state index contributed by atoms with van der Waals surface area (Å²) in [4.78, 5) is 4.90. The number of ether oxygens (including phenoxy) is 1. The van der Waals surface area contributed by atoms with Gasteiger partial charge >= 0.3 is 0 Å². The average molecular weight is 310 g/mol. The third-order valence-corrected chi connectivity index (χ3v) is 4.72. The highest BCUT2D eigenvalue weighted by atomic mass is 16.5. The third-order valence-electron chi connectivity index (χ3n) is 4.72. The lowest BCUT2D eigenvalue weighted by Crippen LogP contribution is -2.22. The van der Waals surface area contributed by atoms with Crippen molar-refractivity contribution in [2.45, 2.75) is 39.2 Å². The summed E-state index contributed by atoms with van der Waals surface area (Å²) in [5.74, 6) is 0.586. The normalized spacial score (nSPS) is 19.4. The van der Waals surface area contributed by atoms with Gasteiger partial charge in [-0.2, -0.15) is 0 Å². The van der Waals surface area contributed by atoms with Gasteiger partial charge in [0.1, 0.15) is 5.52 Å². The van der Waals surface area contributed by atoms with Gasteiger partial charge in [0.05, 0.1) is 11.2 Å². The van der Waals surface area contributed by atoms with Crippen LogP contribution in [0.1, 0.15) is 44.7 Å². The van der Waals surface area contributed by atoms with E-state index in [1.807, 2.05) is 4.68 Å². The van der Waals surface area contributed by atoms with Crippen molar-refractivity contribution < 1.29 is 4.74 Å². The Morgan fingerprint density at radius 1 is 1.22 bits per heavy atom. The van der Waals surface area contributed by atoms with Gasteiger partial charge in [0.15, 0.2) is 0 Å². The van der Waals surface area contributed by atoms with Gasteiger partial charge in [-0.1, -0.05) is 17.4 Å². The predicted molar refractivity (Wildman–Crippen MR) is 91.5 cm³/mol. The minimum absolute atomic E-state index is 0.315. The molecular weight excluding hydrogens is 288 g/mol. The Morgan fingerprint density at radius 3 is 2.83 bits per heavy atom. The lowest BCUT2D eigenvalue weighted by Gasteiger charge is -2.21. The first-order valence-corrected chi connectivity index (χ1v) is 8.43. The van der Waals surface area contributed by atoms with Crippen molar-refractivity contribution in [1.82, 2.24) is 15.0 Å². The number of hydrogen-bond acceptors (Lipinski definition) is 4. The molecule has 0 atom stereocenters. The number of benzene rings is 1. The molecule has 0 radical (unpaired) electrons. The van der Waals surface area contributed by atoms with Gasteiger partial charge in [0.25, 0.3) is 0 Å². The molecule has 0 N–H and O–H groups in total. The zero-order chi connectivity index (χ0) is 15.8. The summed E-state index contributed by atoms with van der Waals surface area (Å²) in [6, 6.07) is 6.65. The van der Waals surface area contributed by atoms with Crippen LogP contribution in [0.5, 0.6) is 0 Å². The molecule has 120 valence electrons. The highest BCUT2D eigenvalue weighted by Crippen LogP contribution is 2.30. The van der Waals surface area contributed by atoms with Gasteiger partial charge < -0.3 is 4.74 Å². The van der Waals surface area contributed by atoms with E-state index in [-0.39, 0.29) is 0 Å². The standard InChI is InChI=1S/C18H22N4O/c1-12(2)22-18-6-3-14(11-17(18)20-21-22)16-5-4-15(19-16)13-7-9-23-10-8-13/h3,5-6,11-13H,4,7-10H2,1-2H3. The summed E-state index contributed by atoms with van der Waals surface area (Å²) in [5, 5.41) is 8.55. The van der Waals surface area contributed by atoms with Crippen molar-refractivity contribution in [3.8, 4) is 0 Å². The summed E-state index contributed by atoms with van der Waals surface area (Å²) in [5.41, 5.74) is 5.54. The fraction of sp³-hybridized carbons (Fsp3) is 0.500. The Balaban J connectivity index is 1.61. The highest BCUT2D eigenvalue weighted by Gasteiger charge is 2.22. The van der Waals surface area contributed by atoms with E-state index < -0.39 is 0 Å². The minimum Gasteiger partial charge on any atom is -0.381 e. The zero-order valence-corrected chi connectivity index (χ0v) is 13.7. The maximum Gasteiger partial charge on any atom is 0.113 e. The summed E-state index contributed by atoms with van der Waals surface area (Å²) in [6.07, 6.45) is 5.40. The van der Waals surface area contributed by atoms with Crippen molar-refractivity contribution in [2.75, 3.05) is 13.2 Å². The van der Waals surface area contributed by atoms with Gasteiger partial charge in [-0.25, -0.2) is 4.68 Å². The third kappa shape index (κ3) is 2.70. The Kier molecular flexibility index (Phi) is 3.73. The minimum atomic E-state index is 0.315. The molecule has 0 amide bonds. The molecule has 2 aliphatic rings. The van der Waals surface area contributed by atoms with Crippen LogP contribution in [0.4, 0.5) is 0 Å². The Labute approximate surface area is 136 Å². The van der Waals surface area contributed by atoms with Gasteiger partial charge in [0, 0.05) is 42.9 Å². The number of fused-ring (bicyclic) bond motifs is 1. The second-order valence-electron chi connectivity index (χ2n) is 6.61. The second-order valence-corrected chi connectivity index (χ2v) is 6.61. The highest BCUT2D eigenvalue weighted by molar-refractivity contribution is 5.98. The van der Waals surface area contributed by atoms with Crippen molar-refractivity contribution in [1.29, 1.82) is 0 Å². The first kappa shape index (κ1) is 14.6. The van der Waals surface area contributed by atoms with Crippen molar-refractivity contribution >= 4 is 22.4 Å². The zero-order valence-electron chi connectivity index (χ0n) is 13.7. The van der Waals surface area contributed by atoms with E-state index in [0.717, 1.165) is 54.8 Å². The molecule has 0 saturated carbocycles. The van der Waals surface area contributed by atoms with Crippen LogP contribution in [0.2, 0.25) is 0 Å². The molecule has 0 aliphatic carbocycles. The van der Waals surface area contributed by atoms with E-state index in [4.69, 9.17) is 9.73 Å². The molecule has 0 spiro atoms. The molecular formula is C18H22N4O. The average Bonchev–Trinajstić information content (AvgIpc) is 3.22. The van der Waals surface area contributed by atoms with Crippen LogP contribution in [0.15, 0.2) is 29.3 Å². The number of aromatic nitrogens is 3. The molecule has 2 aliphatic heterocycles. The molecule has 5 heteroatoms. The van der Waals surface area contributed by atoms with E-state index >= 15 is 0 Å². The number of rotatable bonds is 3. The molecule has 23 heavy (non-hydrogen) atoms. The monoisotopic (exact) mass is 310 g/mol. The van der Waals surface area contributed by atoms with Gasteiger partial charge in [-0.05, 0) is 38.8 Å².